The van der Waals surface area contributed by atoms with Crippen LogP contribution in [0.15, 0.2) is 18.2 Å². The molecule has 3 nitrogen and oxygen atoms in total. The average molecular weight is 309 g/mol. The van der Waals surface area contributed by atoms with E-state index in [1.807, 2.05) is 6.07 Å². The highest BCUT2D eigenvalue weighted by atomic mass is 35.5. The third kappa shape index (κ3) is 4.72. The lowest BCUT2D eigenvalue weighted by Crippen LogP contribution is -2.33. The molecule has 1 aromatic rings. The SMILES string of the molecule is C[C@@H](NCc1ccc(C(N)=O)cc1Cl)C1CCCCCC1. The van der Waals surface area contributed by atoms with Crippen LogP contribution < -0.4 is 11.1 Å². The first-order valence-corrected chi connectivity index (χ1v) is 8.27. The van der Waals surface area contributed by atoms with E-state index in [0.717, 1.165) is 18.0 Å². The van der Waals surface area contributed by atoms with E-state index in [9.17, 15) is 4.79 Å². The van der Waals surface area contributed by atoms with Gasteiger partial charge in [-0.05, 0) is 43.4 Å². The molecule has 1 aliphatic rings. The van der Waals surface area contributed by atoms with Gasteiger partial charge in [-0.25, -0.2) is 0 Å². The maximum absolute atomic E-state index is 11.1. The van der Waals surface area contributed by atoms with Crippen LogP contribution in [-0.2, 0) is 6.54 Å². The minimum absolute atomic E-state index is 0.441. The molecule has 0 saturated heterocycles. The average Bonchev–Trinajstić information content (AvgIpc) is 2.74. The van der Waals surface area contributed by atoms with Gasteiger partial charge in [-0.1, -0.05) is 43.4 Å². The Balaban J connectivity index is 1.91. The summed E-state index contributed by atoms with van der Waals surface area (Å²) in [4.78, 5) is 11.1. The molecule has 1 amide bonds. The molecular weight excluding hydrogens is 284 g/mol. The quantitative estimate of drug-likeness (QED) is 0.811. The number of halogens is 1. The van der Waals surface area contributed by atoms with Gasteiger partial charge in [-0.15, -0.1) is 0 Å². The summed E-state index contributed by atoms with van der Waals surface area (Å²) < 4.78 is 0. The van der Waals surface area contributed by atoms with E-state index in [0.29, 0.717) is 16.6 Å². The summed E-state index contributed by atoms with van der Waals surface area (Å²) in [5, 5.41) is 4.19. The Kier molecular flexibility index (Phi) is 6.07. The molecule has 116 valence electrons. The predicted octanol–water partition coefficient (Wildman–Crippen LogP) is 3.89. The molecule has 1 aliphatic carbocycles. The van der Waals surface area contributed by atoms with Crippen LogP contribution in [-0.4, -0.2) is 11.9 Å². The number of carbonyl (C=O) groups is 1. The molecule has 21 heavy (non-hydrogen) atoms. The summed E-state index contributed by atoms with van der Waals surface area (Å²) in [6.45, 7) is 3.00. The second-order valence-electron chi connectivity index (χ2n) is 6.09. The maximum Gasteiger partial charge on any atom is 0.248 e. The molecule has 1 aromatic carbocycles. The van der Waals surface area contributed by atoms with Crippen molar-refractivity contribution in [3.05, 3.63) is 34.3 Å². The van der Waals surface area contributed by atoms with Gasteiger partial charge in [0.15, 0.2) is 0 Å². The largest absolute Gasteiger partial charge is 0.366 e. The van der Waals surface area contributed by atoms with Gasteiger partial charge in [-0.3, -0.25) is 4.79 Å². The predicted molar refractivity (Wildman–Crippen MR) is 87.5 cm³/mol. The molecule has 4 heteroatoms. The topological polar surface area (TPSA) is 55.1 Å². The van der Waals surface area contributed by atoms with Crippen molar-refractivity contribution in [1.82, 2.24) is 5.32 Å². The van der Waals surface area contributed by atoms with E-state index >= 15 is 0 Å². The zero-order valence-corrected chi connectivity index (χ0v) is 13.5. The van der Waals surface area contributed by atoms with E-state index in [4.69, 9.17) is 17.3 Å². The van der Waals surface area contributed by atoms with Gasteiger partial charge in [0.05, 0.1) is 0 Å². The highest BCUT2D eigenvalue weighted by Gasteiger charge is 2.18. The zero-order chi connectivity index (χ0) is 15.2. The van der Waals surface area contributed by atoms with Crippen LogP contribution in [0.25, 0.3) is 0 Å². The molecule has 0 spiro atoms. The van der Waals surface area contributed by atoms with Crippen LogP contribution in [0.3, 0.4) is 0 Å². The minimum atomic E-state index is -0.441. The van der Waals surface area contributed by atoms with Crippen molar-refractivity contribution >= 4 is 17.5 Å². The molecule has 0 radical (unpaired) electrons. The van der Waals surface area contributed by atoms with Crippen molar-refractivity contribution < 1.29 is 4.79 Å². The van der Waals surface area contributed by atoms with E-state index in [1.165, 1.54) is 38.5 Å². The van der Waals surface area contributed by atoms with Crippen LogP contribution in [0.2, 0.25) is 5.02 Å². The van der Waals surface area contributed by atoms with Gasteiger partial charge in [0.2, 0.25) is 5.91 Å². The summed E-state index contributed by atoms with van der Waals surface area (Å²) in [6, 6.07) is 5.77. The number of benzene rings is 1. The van der Waals surface area contributed by atoms with Crippen LogP contribution in [0.5, 0.6) is 0 Å². The van der Waals surface area contributed by atoms with Crippen molar-refractivity contribution in [2.45, 2.75) is 58.0 Å². The van der Waals surface area contributed by atoms with Crippen molar-refractivity contribution in [2.24, 2.45) is 11.7 Å². The van der Waals surface area contributed by atoms with Crippen LogP contribution in [0, 0.1) is 5.92 Å². The smallest absolute Gasteiger partial charge is 0.248 e. The Bertz CT molecular complexity index is 482. The van der Waals surface area contributed by atoms with Crippen LogP contribution >= 0.6 is 11.6 Å². The number of nitrogens with one attached hydrogen (secondary N) is 1. The van der Waals surface area contributed by atoms with Gasteiger partial charge in [0.1, 0.15) is 0 Å². The number of nitrogens with two attached hydrogens (primary N) is 1. The second-order valence-corrected chi connectivity index (χ2v) is 6.50. The number of amides is 1. The van der Waals surface area contributed by atoms with Gasteiger partial charge in [0.25, 0.3) is 0 Å². The summed E-state index contributed by atoms with van der Waals surface area (Å²) in [6.07, 6.45) is 8.10. The number of carbonyl (C=O) groups excluding carboxylic acids is 1. The van der Waals surface area contributed by atoms with Crippen molar-refractivity contribution in [3.8, 4) is 0 Å². The molecule has 0 heterocycles. The number of primary amides is 1. The Morgan fingerprint density at radius 3 is 2.57 bits per heavy atom. The minimum Gasteiger partial charge on any atom is -0.366 e. The van der Waals surface area contributed by atoms with Gasteiger partial charge < -0.3 is 11.1 Å². The monoisotopic (exact) mass is 308 g/mol. The fraction of sp³-hybridized carbons (Fsp3) is 0.588. The van der Waals surface area contributed by atoms with Crippen molar-refractivity contribution in [2.75, 3.05) is 0 Å². The normalized spacial score (nSPS) is 18.2. The lowest BCUT2D eigenvalue weighted by Gasteiger charge is -2.24. The standard InChI is InChI=1S/C17H25ClN2O/c1-12(13-6-4-2-3-5-7-13)20-11-15-9-8-14(17(19)21)10-16(15)18/h8-10,12-13,20H,2-7,11H2,1H3,(H2,19,21)/t12-/m1/s1. The summed E-state index contributed by atoms with van der Waals surface area (Å²) in [5.74, 6) is 0.319. The summed E-state index contributed by atoms with van der Waals surface area (Å²) in [5.41, 5.74) is 6.73. The van der Waals surface area contributed by atoms with Crippen molar-refractivity contribution in [1.29, 1.82) is 0 Å². The fourth-order valence-corrected chi connectivity index (χ4v) is 3.34. The molecule has 0 unspecified atom stereocenters. The highest BCUT2D eigenvalue weighted by molar-refractivity contribution is 6.31. The number of rotatable bonds is 5. The first kappa shape index (κ1) is 16.3. The molecule has 1 saturated carbocycles. The van der Waals surface area contributed by atoms with E-state index < -0.39 is 5.91 Å². The van der Waals surface area contributed by atoms with E-state index in [2.05, 4.69) is 12.2 Å². The zero-order valence-electron chi connectivity index (χ0n) is 12.7. The number of hydrogen-bond donors (Lipinski definition) is 2. The third-order valence-electron chi connectivity index (χ3n) is 4.56. The maximum atomic E-state index is 11.1. The second kappa shape index (κ2) is 7.81. The molecule has 0 bridgehead atoms. The lowest BCUT2D eigenvalue weighted by molar-refractivity contribution is 0.100. The molecule has 1 fully saturated rings. The van der Waals surface area contributed by atoms with Gasteiger partial charge >= 0.3 is 0 Å². The molecule has 0 aromatic heterocycles. The summed E-state index contributed by atoms with van der Waals surface area (Å²) >= 11 is 6.22. The Morgan fingerprint density at radius 1 is 1.33 bits per heavy atom. The Labute approximate surface area is 132 Å². The molecule has 3 N–H and O–H groups in total. The highest BCUT2D eigenvalue weighted by Crippen LogP contribution is 2.26. The van der Waals surface area contributed by atoms with E-state index in [1.54, 1.807) is 12.1 Å². The van der Waals surface area contributed by atoms with Gasteiger partial charge in [0, 0.05) is 23.2 Å². The molecule has 2 rings (SSSR count). The van der Waals surface area contributed by atoms with E-state index in [-0.39, 0.29) is 0 Å². The van der Waals surface area contributed by atoms with Gasteiger partial charge in [-0.2, -0.15) is 0 Å². The third-order valence-corrected chi connectivity index (χ3v) is 4.91. The Hall–Kier alpha value is -1.06. The Morgan fingerprint density at radius 2 is 2.00 bits per heavy atom. The molecule has 0 aliphatic heterocycles. The molecule has 1 atom stereocenters. The van der Waals surface area contributed by atoms with Crippen LogP contribution in [0.1, 0.15) is 61.4 Å². The van der Waals surface area contributed by atoms with Crippen molar-refractivity contribution in [3.63, 3.8) is 0 Å². The first-order valence-electron chi connectivity index (χ1n) is 7.89. The first-order chi connectivity index (χ1) is 10.1. The lowest BCUT2D eigenvalue weighted by atomic mass is 9.93. The number of hydrogen-bond acceptors (Lipinski definition) is 2. The summed E-state index contributed by atoms with van der Waals surface area (Å²) in [7, 11) is 0. The molecular formula is C17H25ClN2O. The van der Waals surface area contributed by atoms with Crippen LogP contribution in [0.4, 0.5) is 0 Å². The fourth-order valence-electron chi connectivity index (χ4n) is 3.09.